The van der Waals surface area contributed by atoms with Gasteiger partial charge in [0.1, 0.15) is 12.1 Å². The lowest BCUT2D eigenvalue weighted by molar-refractivity contribution is -0.384. The first kappa shape index (κ1) is 12.2. The van der Waals surface area contributed by atoms with Gasteiger partial charge in [-0.25, -0.2) is 0 Å². The SMILES string of the molecule is CC(=O)C1NC(=O)c2cc([N+](=O)[O-])ccc2C1O. The number of nitro groups is 1. The van der Waals surface area contributed by atoms with Crippen LogP contribution in [0.4, 0.5) is 5.69 Å². The Hall–Kier alpha value is -2.28. The molecule has 2 unspecified atom stereocenters. The largest absolute Gasteiger partial charge is 0.386 e. The maximum Gasteiger partial charge on any atom is 0.270 e. The van der Waals surface area contributed by atoms with Crippen LogP contribution in [0, 0.1) is 10.1 Å². The lowest BCUT2D eigenvalue weighted by Crippen LogP contribution is -2.48. The van der Waals surface area contributed by atoms with E-state index in [1.54, 1.807) is 0 Å². The van der Waals surface area contributed by atoms with Crippen LogP contribution in [-0.4, -0.2) is 27.8 Å². The first-order chi connectivity index (χ1) is 8.41. The second kappa shape index (κ2) is 4.19. The Kier molecular flexibility index (Phi) is 2.84. The summed E-state index contributed by atoms with van der Waals surface area (Å²) in [6, 6.07) is 2.57. The number of nitrogens with zero attached hydrogens (tertiary/aromatic N) is 1. The van der Waals surface area contributed by atoms with Gasteiger partial charge < -0.3 is 10.4 Å². The summed E-state index contributed by atoms with van der Waals surface area (Å²) in [7, 11) is 0. The molecular formula is C11H10N2O5. The number of benzene rings is 1. The second-order valence-electron chi connectivity index (χ2n) is 4.04. The van der Waals surface area contributed by atoms with Crippen molar-refractivity contribution < 1.29 is 19.6 Å². The third kappa shape index (κ3) is 1.84. The molecule has 0 aromatic heterocycles. The summed E-state index contributed by atoms with van der Waals surface area (Å²) in [5, 5.41) is 22.9. The molecule has 7 heteroatoms. The quantitative estimate of drug-likeness (QED) is 0.580. The van der Waals surface area contributed by atoms with E-state index in [1.807, 2.05) is 0 Å². The number of amides is 1. The molecule has 2 rings (SSSR count). The van der Waals surface area contributed by atoms with Crippen LogP contribution in [0.3, 0.4) is 0 Å². The molecule has 0 saturated heterocycles. The summed E-state index contributed by atoms with van der Waals surface area (Å²) in [5.41, 5.74) is 0.0103. The highest BCUT2D eigenvalue weighted by Crippen LogP contribution is 2.29. The highest BCUT2D eigenvalue weighted by molar-refractivity contribution is 6.01. The lowest BCUT2D eigenvalue weighted by Gasteiger charge is -2.28. The van der Waals surface area contributed by atoms with E-state index in [2.05, 4.69) is 5.32 Å². The Balaban J connectivity index is 2.51. The van der Waals surface area contributed by atoms with Gasteiger partial charge in [0.2, 0.25) is 0 Å². The number of hydrogen-bond acceptors (Lipinski definition) is 5. The van der Waals surface area contributed by atoms with Crippen LogP contribution in [0.25, 0.3) is 0 Å². The van der Waals surface area contributed by atoms with E-state index < -0.39 is 23.0 Å². The zero-order valence-corrected chi connectivity index (χ0v) is 9.41. The number of rotatable bonds is 2. The zero-order valence-electron chi connectivity index (χ0n) is 9.41. The molecule has 94 valence electrons. The van der Waals surface area contributed by atoms with E-state index in [0.717, 1.165) is 6.07 Å². The Labute approximate surface area is 102 Å². The van der Waals surface area contributed by atoms with Crippen molar-refractivity contribution in [1.82, 2.24) is 5.32 Å². The molecule has 1 aliphatic heterocycles. The van der Waals surface area contributed by atoms with E-state index in [4.69, 9.17) is 0 Å². The summed E-state index contributed by atoms with van der Waals surface area (Å²) in [6.07, 6.45) is -1.18. The second-order valence-corrected chi connectivity index (χ2v) is 4.04. The Morgan fingerprint density at radius 2 is 2.17 bits per heavy atom. The highest BCUT2D eigenvalue weighted by Gasteiger charge is 2.35. The van der Waals surface area contributed by atoms with Crippen molar-refractivity contribution in [3.8, 4) is 0 Å². The molecule has 18 heavy (non-hydrogen) atoms. The number of aliphatic hydroxyl groups is 1. The summed E-state index contributed by atoms with van der Waals surface area (Å²) < 4.78 is 0. The van der Waals surface area contributed by atoms with Crippen LogP contribution >= 0.6 is 0 Å². The number of hydrogen-bond donors (Lipinski definition) is 2. The van der Waals surface area contributed by atoms with Crippen LogP contribution < -0.4 is 5.32 Å². The molecule has 1 aromatic carbocycles. The minimum atomic E-state index is -1.18. The van der Waals surface area contributed by atoms with Gasteiger partial charge in [-0.05, 0) is 18.6 Å². The van der Waals surface area contributed by atoms with Crippen molar-refractivity contribution in [1.29, 1.82) is 0 Å². The number of nitro benzene ring substituents is 1. The number of Topliss-reactive ketones (excluding diaryl/α,β-unsaturated/α-hetero) is 1. The number of aliphatic hydroxyl groups excluding tert-OH is 1. The molecule has 7 nitrogen and oxygen atoms in total. The highest BCUT2D eigenvalue weighted by atomic mass is 16.6. The van der Waals surface area contributed by atoms with Crippen LogP contribution in [0.2, 0.25) is 0 Å². The van der Waals surface area contributed by atoms with E-state index in [9.17, 15) is 24.8 Å². The van der Waals surface area contributed by atoms with Crippen molar-refractivity contribution in [2.45, 2.75) is 19.1 Å². The van der Waals surface area contributed by atoms with Gasteiger partial charge in [0, 0.05) is 12.1 Å². The third-order valence-electron chi connectivity index (χ3n) is 2.85. The van der Waals surface area contributed by atoms with Crippen molar-refractivity contribution in [2.24, 2.45) is 0 Å². The summed E-state index contributed by atoms with van der Waals surface area (Å²) in [6.45, 7) is 1.25. The summed E-state index contributed by atoms with van der Waals surface area (Å²) in [4.78, 5) is 33.0. The molecule has 0 spiro atoms. The normalized spacial score (nSPS) is 22.0. The predicted molar refractivity (Wildman–Crippen MR) is 60.0 cm³/mol. The monoisotopic (exact) mass is 250 g/mol. The van der Waals surface area contributed by atoms with Gasteiger partial charge in [-0.3, -0.25) is 19.7 Å². The van der Waals surface area contributed by atoms with Gasteiger partial charge in [-0.1, -0.05) is 0 Å². The van der Waals surface area contributed by atoms with Crippen LogP contribution in [0.15, 0.2) is 18.2 Å². The molecule has 0 fully saturated rings. The molecule has 0 radical (unpaired) electrons. The van der Waals surface area contributed by atoms with Gasteiger partial charge in [-0.15, -0.1) is 0 Å². The van der Waals surface area contributed by atoms with Crippen LogP contribution in [0.5, 0.6) is 0 Å². The molecule has 1 aliphatic rings. The standard InChI is InChI=1S/C11H10N2O5/c1-5(14)9-10(15)7-3-2-6(13(17)18)4-8(7)11(16)12-9/h2-4,9-10,15H,1H3,(H,12,16). The van der Waals surface area contributed by atoms with Crippen molar-refractivity contribution >= 4 is 17.4 Å². The van der Waals surface area contributed by atoms with Crippen LogP contribution in [-0.2, 0) is 4.79 Å². The Morgan fingerprint density at radius 1 is 1.50 bits per heavy atom. The van der Waals surface area contributed by atoms with E-state index in [0.29, 0.717) is 0 Å². The number of carbonyl (C=O) groups is 2. The first-order valence-corrected chi connectivity index (χ1v) is 5.19. The number of nitrogens with one attached hydrogen (secondary N) is 1. The molecule has 1 heterocycles. The van der Waals surface area contributed by atoms with Crippen molar-refractivity contribution in [2.75, 3.05) is 0 Å². The molecule has 2 atom stereocenters. The molecular weight excluding hydrogens is 240 g/mol. The number of ketones is 1. The fraction of sp³-hybridized carbons (Fsp3) is 0.273. The maximum atomic E-state index is 11.7. The smallest absolute Gasteiger partial charge is 0.270 e. The average molecular weight is 250 g/mol. The fourth-order valence-electron chi connectivity index (χ4n) is 1.91. The summed E-state index contributed by atoms with van der Waals surface area (Å²) in [5.74, 6) is -0.973. The lowest BCUT2D eigenvalue weighted by atomic mass is 9.90. The molecule has 1 aromatic rings. The Morgan fingerprint density at radius 3 is 2.72 bits per heavy atom. The number of non-ortho nitro benzene ring substituents is 1. The molecule has 1 amide bonds. The summed E-state index contributed by atoms with van der Waals surface area (Å²) >= 11 is 0. The van der Waals surface area contributed by atoms with E-state index >= 15 is 0 Å². The first-order valence-electron chi connectivity index (χ1n) is 5.19. The van der Waals surface area contributed by atoms with Crippen LogP contribution in [0.1, 0.15) is 28.9 Å². The average Bonchev–Trinajstić information content (AvgIpc) is 2.32. The Bertz CT molecular complexity index is 554. The predicted octanol–water partition coefficient (Wildman–Crippen LogP) is 0.329. The van der Waals surface area contributed by atoms with Gasteiger partial charge in [-0.2, -0.15) is 0 Å². The van der Waals surface area contributed by atoms with Gasteiger partial charge in [0.05, 0.1) is 10.5 Å². The molecule has 2 N–H and O–H groups in total. The minimum Gasteiger partial charge on any atom is -0.386 e. The fourth-order valence-corrected chi connectivity index (χ4v) is 1.91. The molecule has 0 bridgehead atoms. The minimum absolute atomic E-state index is 0.0224. The topological polar surface area (TPSA) is 110 Å². The van der Waals surface area contributed by atoms with Gasteiger partial charge in [0.15, 0.2) is 5.78 Å². The van der Waals surface area contributed by atoms with Gasteiger partial charge >= 0.3 is 0 Å². The van der Waals surface area contributed by atoms with Crippen molar-refractivity contribution in [3.63, 3.8) is 0 Å². The maximum absolute atomic E-state index is 11.7. The van der Waals surface area contributed by atoms with E-state index in [1.165, 1.54) is 19.1 Å². The van der Waals surface area contributed by atoms with Crippen molar-refractivity contribution in [3.05, 3.63) is 39.4 Å². The van der Waals surface area contributed by atoms with E-state index in [-0.39, 0.29) is 22.6 Å². The zero-order chi connectivity index (χ0) is 13.4. The molecule has 0 aliphatic carbocycles. The van der Waals surface area contributed by atoms with Gasteiger partial charge in [0.25, 0.3) is 11.6 Å². The molecule has 0 saturated carbocycles. The number of fused-ring (bicyclic) bond motifs is 1. The third-order valence-corrected chi connectivity index (χ3v) is 2.85. The number of carbonyl (C=O) groups excluding carboxylic acids is 2.